The fourth-order valence-corrected chi connectivity index (χ4v) is 4.22. The highest BCUT2D eigenvalue weighted by atomic mass is 32.2. The first-order valence-electron chi connectivity index (χ1n) is 9.82. The van der Waals surface area contributed by atoms with E-state index < -0.39 is 20.5 Å². The summed E-state index contributed by atoms with van der Waals surface area (Å²) in [5, 5.41) is 9.31. The van der Waals surface area contributed by atoms with E-state index in [1.807, 2.05) is 36.4 Å². The van der Waals surface area contributed by atoms with Crippen molar-refractivity contribution in [3.8, 4) is 11.1 Å². The van der Waals surface area contributed by atoms with E-state index in [0.717, 1.165) is 22.9 Å². The van der Waals surface area contributed by atoms with Gasteiger partial charge in [-0.3, -0.25) is 19.4 Å². The number of hydrogen-bond acceptors (Lipinski definition) is 7. The number of carbonyl (C=O) groups excluding carboxylic acids is 1. The summed E-state index contributed by atoms with van der Waals surface area (Å²) < 4.78 is 28.7. The first-order valence-corrected chi connectivity index (χ1v) is 11.7. The molecule has 0 saturated heterocycles. The second-order valence-electron chi connectivity index (χ2n) is 7.80. The van der Waals surface area contributed by atoms with Crippen LogP contribution in [0.25, 0.3) is 22.0 Å². The lowest BCUT2D eigenvalue weighted by molar-refractivity contribution is -0.131. The van der Waals surface area contributed by atoms with Gasteiger partial charge in [0.25, 0.3) is 11.5 Å². The minimum Gasteiger partial charge on any atom is -0.380 e. The van der Waals surface area contributed by atoms with E-state index >= 15 is 0 Å². The predicted octanol–water partition coefficient (Wildman–Crippen LogP) is 1.91. The molecule has 1 heterocycles. The van der Waals surface area contributed by atoms with Gasteiger partial charge in [0.2, 0.25) is 0 Å². The van der Waals surface area contributed by atoms with E-state index in [1.165, 1.54) is 23.3 Å². The fraction of sp³-hybridized carbons (Fsp3) is 0.318. The van der Waals surface area contributed by atoms with Crippen LogP contribution >= 0.6 is 0 Å². The molecule has 3 rings (SSSR count). The number of nitrogens with zero attached hydrogens (tertiary/aromatic N) is 2. The van der Waals surface area contributed by atoms with E-state index in [4.69, 9.17) is 9.94 Å². The van der Waals surface area contributed by atoms with Crippen molar-refractivity contribution in [3.05, 3.63) is 64.7 Å². The molecule has 32 heavy (non-hydrogen) atoms. The molecule has 2 aromatic carbocycles. The van der Waals surface area contributed by atoms with Gasteiger partial charge in [-0.2, -0.15) is 0 Å². The molecular formula is C22H25N3O6S. The highest BCUT2D eigenvalue weighted by Gasteiger charge is 2.43. The lowest BCUT2D eigenvalue weighted by atomic mass is 10.0. The van der Waals surface area contributed by atoms with Gasteiger partial charge in [0, 0.05) is 19.9 Å². The van der Waals surface area contributed by atoms with Gasteiger partial charge >= 0.3 is 0 Å². The Kier molecular flexibility index (Phi) is 6.77. The van der Waals surface area contributed by atoms with E-state index in [2.05, 4.69) is 4.98 Å². The van der Waals surface area contributed by atoms with Crippen molar-refractivity contribution in [1.82, 2.24) is 15.0 Å². The molecule has 0 spiro atoms. The van der Waals surface area contributed by atoms with Gasteiger partial charge in [-0.1, -0.05) is 30.3 Å². The van der Waals surface area contributed by atoms with Crippen LogP contribution in [-0.2, 0) is 32.5 Å². The van der Waals surface area contributed by atoms with E-state index in [1.54, 1.807) is 13.2 Å². The molecule has 2 N–H and O–H groups in total. The summed E-state index contributed by atoms with van der Waals surface area (Å²) in [4.78, 5) is 29.2. The lowest BCUT2D eigenvalue weighted by Gasteiger charge is -2.25. The Morgan fingerprint density at radius 3 is 2.44 bits per heavy atom. The Hall–Kier alpha value is -3.08. The van der Waals surface area contributed by atoms with Crippen LogP contribution in [0.4, 0.5) is 0 Å². The smallest absolute Gasteiger partial charge is 0.264 e. The molecule has 0 fully saturated rings. The van der Waals surface area contributed by atoms with E-state index in [-0.39, 0.29) is 18.5 Å². The number of sulfone groups is 1. The number of rotatable bonds is 8. The quantitative estimate of drug-likeness (QED) is 0.389. The number of benzene rings is 2. The zero-order valence-corrected chi connectivity index (χ0v) is 18.8. The number of amides is 1. The second-order valence-corrected chi connectivity index (χ2v) is 10.2. The first kappa shape index (κ1) is 23.6. The largest absolute Gasteiger partial charge is 0.380 e. The number of aromatic nitrogens is 2. The molecule has 1 amide bonds. The third kappa shape index (κ3) is 4.57. The van der Waals surface area contributed by atoms with Crippen molar-refractivity contribution < 1.29 is 23.2 Å². The van der Waals surface area contributed by atoms with Crippen molar-refractivity contribution >= 4 is 26.6 Å². The van der Waals surface area contributed by atoms with Crippen LogP contribution in [-0.4, -0.2) is 47.2 Å². The normalized spacial score (nSPS) is 13.6. The van der Waals surface area contributed by atoms with Crippen molar-refractivity contribution in [2.75, 3.05) is 13.4 Å². The van der Waals surface area contributed by atoms with Gasteiger partial charge < -0.3 is 4.74 Å². The number of aryl methyl sites for hydroxylation is 1. The molecule has 1 aromatic heterocycles. The molecule has 170 valence electrons. The Balaban J connectivity index is 1.90. The second kappa shape index (κ2) is 9.19. The maximum atomic E-state index is 12.9. The van der Waals surface area contributed by atoms with Crippen molar-refractivity contribution in [2.45, 2.75) is 31.2 Å². The fourth-order valence-electron chi connectivity index (χ4n) is 3.38. The Morgan fingerprint density at radius 1 is 1.19 bits per heavy atom. The van der Waals surface area contributed by atoms with Crippen LogP contribution in [0.1, 0.15) is 18.9 Å². The van der Waals surface area contributed by atoms with E-state index in [9.17, 15) is 18.0 Å². The van der Waals surface area contributed by atoms with Gasteiger partial charge in [0.1, 0.15) is 0 Å². The number of methoxy groups -OCH3 is 1. The molecule has 0 unspecified atom stereocenters. The van der Waals surface area contributed by atoms with Gasteiger partial charge in [0.15, 0.2) is 14.6 Å². The van der Waals surface area contributed by atoms with Crippen LogP contribution in [0.5, 0.6) is 0 Å². The molecular weight excluding hydrogens is 434 g/mol. The summed E-state index contributed by atoms with van der Waals surface area (Å²) in [5.41, 5.74) is 4.47. The van der Waals surface area contributed by atoms with Crippen LogP contribution < -0.4 is 11.0 Å². The standard InChI is InChI=1S/C22H25N3O6S/c1-22(21(27)24-28,32(3,29)30)10-11-25-14-23-19-12-17(8-9-18(19)20(25)26)16-6-4-15(5-7-16)13-31-2/h4-9,12,14,28H,10-11,13H2,1-3H3,(H,24,27)/t22-/m0/s1. The average Bonchev–Trinajstić information content (AvgIpc) is 2.77. The molecule has 0 aliphatic carbocycles. The molecule has 0 aliphatic heterocycles. The molecule has 3 aromatic rings. The molecule has 0 bridgehead atoms. The number of carbonyl (C=O) groups is 1. The minimum absolute atomic E-state index is 0.0680. The number of nitrogens with one attached hydrogen (secondary N) is 1. The van der Waals surface area contributed by atoms with Crippen molar-refractivity contribution in [2.24, 2.45) is 0 Å². The Bertz CT molecular complexity index is 1300. The third-order valence-corrected chi connectivity index (χ3v) is 7.68. The summed E-state index contributed by atoms with van der Waals surface area (Å²) in [6.45, 7) is 1.66. The summed E-state index contributed by atoms with van der Waals surface area (Å²) in [6.07, 6.45) is 2.03. The first-order chi connectivity index (χ1) is 15.1. The molecule has 9 nitrogen and oxygen atoms in total. The van der Waals surface area contributed by atoms with E-state index in [0.29, 0.717) is 17.5 Å². The van der Waals surface area contributed by atoms with Crippen LogP contribution in [0, 0.1) is 0 Å². The summed E-state index contributed by atoms with van der Waals surface area (Å²) >= 11 is 0. The third-order valence-electron chi connectivity index (χ3n) is 5.65. The molecule has 0 aliphatic rings. The Labute approximate surface area is 185 Å². The molecule has 1 atom stereocenters. The molecule has 0 radical (unpaired) electrons. The van der Waals surface area contributed by atoms with Gasteiger partial charge in [0.05, 0.1) is 23.8 Å². The van der Waals surface area contributed by atoms with Gasteiger partial charge in [-0.05, 0) is 42.2 Å². The maximum Gasteiger partial charge on any atom is 0.264 e. The van der Waals surface area contributed by atoms with Crippen LogP contribution in [0.15, 0.2) is 53.6 Å². The zero-order valence-electron chi connectivity index (χ0n) is 18.0. The average molecular weight is 460 g/mol. The SMILES string of the molecule is COCc1ccc(-c2ccc3c(=O)n(CC[C@@](C)(C(=O)NO)S(C)(=O)=O)cnc3c2)cc1. The van der Waals surface area contributed by atoms with Crippen LogP contribution in [0.3, 0.4) is 0 Å². The van der Waals surface area contributed by atoms with Crippen LogP contribution in [0.2, 0.25) is 0 Å². The topological polar surface area (TPSA) is 128 Å². The lowest BCUT2D eigenvalue weighted by Crippen LogP contribution is -2.50. The molecule has 0 saturated carbocycles. The Morgan fingerprint density at radius 2 is 1.84 bits per heavy atom. The van der Waals surface area contributed by atoms with Crippen molar-refractivity contribution in [1.29, 1.82) is 0 Å². The minimum atomic E-state index is -3.86. The number of fused-ring (bicyclic) bond motifs is 1. The summed E-state index contributed by atoms with van der Waals surface area (Å²) in [6, 6.07) is 13.2. The highest BCUT2D eigenvalue weighted by Crippen LogP contribution is 2.24. The zero-order chi connectivity index (χ0) is 23.5. The van der Waals surface area contributed by atoms with Gasteiger partial charge in [-0.15, -0.1) is 0 Å². The predicted molar refractivity (Wildman–Crippen MR) is 120 cm³/mol. The number of ether oxygens (including phenoxy) is 1. The highest BCUT2D eigenvalue weighted by molar-refractivity contribution is 7.92. The number of hydrogen-bond donors (Lipinski definition) is 2. The number of hydroxylamine groups is 1. The summed E-state index contributed by atoms with van der Waals surface area (Å²) in [7, 11) is -2.22. The monoisotopic (exact) mass is 459 g/mol. The molecule has 10 heteroatoms. The van der Waals surface area contributed by atoms with Gasteiger partial charge in [-0.25, -0.2) is 18.9 Å². The summed E-state index contributed by atoms with van der Waals surface area (Å²) in [5.74, 6) is -1.05. The maximum absolute atomic E-state index is 12.9. The van der Waals surface area contributed by atoms with Crippen molar-refractivity contribution in [3.63, 3.8) is 0 Å².